The van der Waals surface area contributed by atoms with Crippen LogP contribution >= 0.6 is 0 Å². The first-order chi connectivity index (χ1) is 12.7. The van der Waals surface area contributed by atoms with Crippen molar-refractivity contribution in [1.82, 2.24) is 4.98 Å². The number of para-hydroxylation sites is 1. The predicted molar refractivity (Wildman–Crippen MR) is 101 cm³/mol. The van der Waals surface area contributed by atoms with Crippen LogP contribution in [0.3, 0.4) is 0 Å². The minimum Gasteiger partial charge on any atom is -0.497 e. The summed E-state index contributed by atoms with van der Waals surface area (Å²) in [4.78, 5) is 19.4. The molecule has 1 aliphatic rings. The number of aromatic nitrogens is 1. The number of hydrogen-bond acceptors (Lipinski definition) is 4. The first-order valence-corrected chi connectivity index (χ1v) is 8.59. The van der Waals surface area contributed by atoms with Gasteiger partial charge in [0.1, 0.15) is 17.3 Å². The van der Waals surface area contributed by atoms with Gasteiger partial charge in [-0.05, 0) is 36.2 Å². The zero-order chi connectivity index (χ0) is 18.1. The molecule has 0 fully saturated rings. The number of methoxy groups -OCH3 is 2. The SMILES string of the molecule is COc1ccc2cc3c(nc2c1)N(C(=O)Cc1ccccc1OC)CC3. The molecule has 1 aliphatic heterocycles. The Hall–Kier alpha value is -3.08. The van der Waals surface area contributed by atoms with Crippen molar-refractivity contribution in [2.75, 3.05) is 25.7 Å². The minimum absolute atomic E-state index is 0.0306. The summed E-state index contributed by atoms with van der Waals surface area (Å²) in [6.45, 7) is 0.657. The second kappa shape index (κ2) is 6.67. The van der Waals surface area contributed by atoms with E-state index in [1.807, 2.05) is 42.5 Å². The smallest absolute Gasteiger partial charge is 0.232 e. The average molecular weight is 348 g/mol. The van der Waals surface area contributed by atoms with Crippen molar-refractivity contribution in [1.29, 1.82) is 0 Å². The molecule has 26 heavy (non-hydrogen) atoms. The highest BCUT2D eigenvalue weighted by molar-refractivity contribution is 5.97. The Bertz CT molecular complexity index is 984. The van der Waals surface area contributed by atoms with E-state index in [1.165, 1.54) is 0 Å². The van der Waals surface area contributed by atoms with Crippen LogP contribution in [0.2, 0.25) is 0 Å². The minimum atomic E-state index is 0.0306. The maximum Gasteiger partial charge on any atom is 0.232 e. The summed E-state index contributed by atoms with van der Waals surface area (Å²) in [5, 5.41) is 1.06. The molecule has 5 nitrogen and oxygen atoms in total. The molecule has 3 aromatic rings. The van der Waals surface area contributed by atoms with Gasteiger partial charge in [-0.2, -0.15) is 0 Å². The number of fused-ring (bicyclic) bond motifs is 2. The Morgan fingerprint density at radius 3 is 2.77 bits per heavy atom. The molecule has 0 N–H and O–H groups in total. The second-order valence-electron chi connectivity index (χ2n) is 6.31. The van der Waals surface area contributed by atoms with Crippen molar-refractivity contribution in [2.45, 2.75) is 12.8 Å². The van der Waals surface area contributed by atoms with E-state index in [-0.39, 0.29) is 5.91 Å². The van der Waals surface area contributed by atoms with Gasteiger partial charge in [0.2, 0.25) is 5.91 Å². The molecule has 0 radical (unpaired) electrons. The van der Waals surface area contributed by atoms with Crippen molar-refractivity contribution in [2.24, 2.45) is 0 Å². The maximum absolute atomic E-state index is 12.9. The maximum atomic E-state index is 12.9. The number of hydrogen-bond donors (Lipinski definition) is 0. The average Bonchev–Trinajstić information content (AvgIpc) is 3.09. The third-order valence-electron chi connectivity index (χ3n) is 4.78. The number of nitrogens with zero attached hydrogens (tertiary/aromatic N) is 2. The van der Waals surface area contributed by atoms with Crippen LogP contribution in [0, 0.1) is 0 Å². The highest BCUT2D eigenvalue weighted by Gasteiger charge is 2.27. The van der Waals surface area contributed by atoms with Gasteiger partial charge in [0.15, 0.2) is 0 Å². The molecule has 0 atom stereocenters. The van der Waals surface area contributed by atoms with E-state index < -0.39 is 0 Å². The lowest BCUT2D eigenvalue weighted by molar-refractivity contribution is -0.117. The molecule has 0 saturated carbocycles. The van der Waals surface area contributed by atoms with E-state index in [4.69, 9.17) is 14.5 Å². The lowest BCUT2D eigenvalue weighted by Gasteiger charge is -2.17. The summed E-state index contributed by atoms with van der Waals surface area (Å²) in [6.07, 6.45) is 1.11. The highest BCUT2D eigenvalue weighted by atomic mass is 16.5. The Morgan fingerprint density at radius 1 is 1.12 bits per heavy atom. The molecule has 2 aromatic carbocycles. The predicted octanol–water partition coefficient (Wildman–Crippen LogP) is 3.38. The Labute approximate surface area is 152 Å². The van der Waals surface area contributed by atoms with Crippen LogP contribution < -0.4 is 14.4 Å². The lowest BCUT2D eigenvalue weighted by atomic mass is 10.1. The Morgan fingerprint density at radius 2 is 1.96 bits per heavy atom. The van der Waals surface area contributed by atoms with Gasteiger partial charge in [0, 0.05) is 23.6 Å². The topological polar surface area (TPSA) is 51.7 Å². The Balaban J connectivity index is 1.66. The van der Waals surface area contributed by atoms with Gasteiger partial charge in [-0.1, -0.05) is 18.2 Å². The number of rotatable bonds is 4. The van der Waals surface area contributed by atoms with Crippen LogP contribution in [0.1, 0.15) is 11.1 Å². The van der Waals surface area contributed by atoms with E-state index in [2.05, 4.69) is 6.07 Å². The van der Waals surface area contributed by atoms with Crippen LogP contribution in [-0.2, 0) is 17.6 Å². The molecular formula is C21H20N2O3. The first-order valence-electron chi connectivity index (χ1n) is 8.59. The molecule has 4 rings (SSSR count). The van der Waals surface area contributed by atoms with Gasteiger partial charge in [0.25, 0.3) is 0 Å². The lowest BCUT2D eigenvalue weighted by Crippen LogP contribution is -2.31. The third-order valence-corrected chi connectivity index (χ3v) is 4.78. The number of carbonyl (C=O) groups excluding carboxylic acids is 1. The molecule has 0 aliphatic carbocycles. The van der Waals surface area contributed by atoms with Crippen molar-refractivity contribution >= 4 is 22.6 Å². The van der Waals surface area contributed by atoms with Crippen molar-refractivity contribution in [3.05, 3.63) is 59.7 Å². The summed E-state index contributed by atoms with van der Waals surface area (Å²) in [6, 6.07) is 15.6. The normalized spacial score (nSPS) is 12.9. The fraction of sp³-hybridized carbons (Fsp3) is 0.238. The fourth-order valence-corrected chi connectivity index (χ4v) is 3.41. The third kappa shape index (κ3) is 2.86. The zero-order valence-electron chi connectivity index (χ0n) is 14.9. The van der Waals surface area contributed by atoms with Crippen molar-refractivity contribution in [3.8, 4) is 11.5 Å². The van der Waals surface area contributed by atoms with Gasteiger partial charge >= 0.3 is 0 Å². The first kappa shape index (κ1) is 16.4. The number of benzene rings is 2. The molecule has 2 heterocycles. The van der Waals surface area contributed by atoms with E-state index in [0.29, 0.717) is 13.0 Å². The van der Waals surface area contributed by atoms with Crippen LogP contribution in [0.4, 0.5) is 5.82 Å². The number of anilines is 1. The van der Waals surface area contributed by atoms with Gasteiger partial charge in [-0.3, -0.25) is 9.69 Å². The molecule has 0 saturated heterocycles. The van der Waals surface area contributed by atoms with E-state index in [1.54, 1.807) is 19.1 Å². The quantitative estimate of drug-likeness (QED) is 0.725. The van der Waals surface area contributed by atoms with Crippen molar-refractivity contribution in [3.63, 3.8) is 0 Å². The molecule has 5 heteroatoms. The standard InChI is InChI=1S/C21H20N2O3/c1-25-17-8-7-14-11-16-9-10-23(21(16)22-18(14)13-17)20(24)12-15-5-3-4-6-19(15)26-2/h3-8,11,13H,9-10,12H2,1-2H3. The number of carbonyl (C=O) groups is 1. The summed E-state index contributed by atoms with van der Waals surface area (Å²) in [5.74, 6) is 2.28. The number of pyridine rings is 1. The molecule has 0 bridgehead atoms. The van der Waals surface area contributed by atoms with Gasteiger partial charge in [0.05, 0.1) is 26.2 Å². The summed E-state index contributed by atoms with van der Waals surface area (Å²) >= 11 is 0. The van der Waals surface area contributed by atoms with E-state index in [0.717, 1.165) is 45.8 Å². The Kier molecular flexibility index (Phi) is 4.21. The zero-order valence-corrected chi connectivity index (χ0v) is 14.9. The molecule has 1 amide bonds. The van der Waals surface area contributed by atoms with Gasteiger partial charge in [-0.15, -0.1) is 0 Å². The molecule has 0 spiro atoms. The van der Waals surface area contributed by atoms with Crippen LogP contribution in [0.25, 0.3) is 10.9 Å². The number of amides is 1. The van der Waals surface area contributed by atoms with Gasteiger partial charge in [-0.25, -0.2) is 4.98 Å². The van der Waals surface area contributed by atoms with Gasteiger partial charge < -0.3 is 9.47 Å². The summed E-state index contributed by atoms with van der Waals surface area (Å²) in [5.41, 5.74) is 2.83. The molecule has 0 unspecified atom stereocenters. The highest BCUT2D eigenvalue weighted by Crippen LogP contribution is 2.31. The largest absolute Gasteiger partial charge is 0.497 e. The van der Waals surface area contributed by atoms with Crippen LogP contribution in [0.15, 0.2) is 48.5 Å². The summed E-state index contributed by atoms with van der Waals surface area (Å²) < 4.78 is 10.6. The van der Waals surface area contributed by atoms with E-state index >= 15 is 0 Å². The van der Waals surface area contributed by atoms with Crippen LogP contribution in [-0.4, -0.2) is 31.7 Å². The fourth-order valence-electron chi connectivity index (χ4n) is 3.41. The second-order valence-corrected chi connectivity index (χ2v) is 6.31. The molecule has 1 aromatic heterocycles. The number of ether oxygens (including phenoxy) is 2. The monoisotopic (exact) mass is 348 g/mol. The van der Waals surface area contributed by atoms with Crippen LogP contribution in [0.5, 0.6) is 11.5 Å². The summed E-state index contributed by atoms with van der Waals surface area (Å²) in [7, 11) is 3.26. The molecular weight excluding hydrogens is 328 g/mol. The van der Waals surface area contributed by atoms with E-state index in [9.17, 15) is 4.79 Å². The molecule has 132 valence electrons. The van der Waals surface area contributed by atoms with Crippen molar-refractivity contribution < 1.29 is 14.3 Å².